The third kappa shape index (κ3) is 5.52. The molecular weight excluding hydrogens is 688 g/mol. The van der Waals surface area contributed by atoms with Crippen LogP contribution in [-0.4, -0.2) is 39.8 Å². The monoisotopic (exact) mass is 725 g/mol. The molecule has 2 N–H and O–H groups in total. The molecule has 272 valence electrons. The number of halogens is 4. The molecule has 4 aromatic carbocycles. The zero-order valence-corrected chi connectivity index (χ0v) is 30.2. The molecule has 0 bridgehead atoms. The lowest BCUT2D eigenvalue weighted by Gasteiger charge is -2.43. The van der Waals surface area contributed by atoms with Crippen LogP contribution in [0.5, 0.6) is 11.5 Å². The largest absolute Gasteiger partial charge is 0.478 e. The highest BCUT2D eigenvalue weighted by molar-refractivity contribution is 6.00. The average molecular weight is 726 g/mol. The lowest BCUT2D eigenvalue weighted by Crippen LogP contribution is -2.49. The number of hydrogen-bond donors (Lipinski definition) is 2. The van der Waals surface area contributed by atoms with Gasteiger partial charge in [-0.15, -0.1) is 0 Å². The Balaban J connectivity index is 1.62. The van der Waals surface area contributed by atoms with Crippen LogP contribution in [0.2, 0.25) is 0 Å². The average Bonchev–Trinajstić information content (AvgIpc) is 3.08. The van der Waals surface area contributed by atoms with Crippen molar-refractivity contribution in [3.63, 3.8) is 0 Å². The van der Waals surface area contributed by atoms with E-state index >= 15 is 13.2 Å². The van der Waals surface area contributed by atoms with E-state index in [1.807, 2.05) is 40.7 Å². The molecule has 3 aliphatic rings. The highest BCUT2D eigenvalue weighted by atomic mass is 19.2. The molecule has 0 atom stereocenters. The second-order valence-electron chi connectivity index (χ2n) is 14.8. The van der Waals surface area contributed by atoms with Crippen LogP contribution >= 0.6 is 0 Å². The number of allylic oxidation sites excluding steroid dienone is 2. The smallest absolute Gasteiger partial charge is 0.339 e. The molecule has 3 heterocycles. The first-order valence-electron chi connectivity index (χ1n) is 17.1. The molecule has 0 aromatic heterocycles. The number of ether oxygens (including phenoxy) is 1. The summed E-state index contributed by atoms with van der Waals surface area (Å²) in [5.74, 6) is -10.9. The van der Waals surface area contributed by atoms with Gasteiger partial charge in [-0.25, -0.2) is 31.7 Å². The highest BCUT2D eigenvalue weighted by Crippen LogP contribution is 2.47. The molecule has 0 radical (unpaired) electrons. The summed E-state index contributed by atoms with van der Waals surface area (Å²) < 4.78 is 70.2. The summed E-state index contributed by atoms with van der Waals surface area (Å²) >= 11 is 0. The Kier molecular flexibility index (Phi) is 8.20. The second-order valence-corrected chi connectivity index (χ2v) is 14.8. The summed E-state index contributed by atoms with van der Waals surface area (Å²) in [4.78, 5) is 26.2. The minimum atomic E-state index is -2.22. The number of nitrogens with zero attached hydrogens (tertiary/aromatic N) is 2. The standard InChI is InChI=1S/C42H36F4N2O5/c1-8-47-28-15-30-26(13-24(28)20(2)17-41(47,4)5)32(33-34(40(51)52)36(44)38(46)37(45)35(33)43)27-14-25-21(3)18-42(6,7)48(29(25)16-31(27)53-30)19-22-9-11-23(12-10-22)39(49)50/h9-18H,8,19H2,1-7H3,(H-,49,50,51,52)/p+1. The summed E-state index contributed by atoms with van der Waals surface area (Å²) in [5.41, 5.74) is 1.60. The first-order chi connectivity index (χ1) is 24.9. The molecule has 11 heteroatoms. The fraction of sp³-hybridized carbons (Fsp3) is 0.262. The van der Waals surface area contributed by atoms with Crippen molar-refractivity contribution in [3.8, 4) is 11.5 Å². The Morgan fingerprint density at radius 3 is 2.04 bits per heavy atom. The van der Waals surface area contributed by atoms with Crippen molar-refractivity contribution in [2.45, 2.75) is 66.1 Å². The van der Waals surface area contributed by atoms with Crippen LogP contribution in [0.4, 0.5) is 23.2 Å². The Morgan fingerprint density at radius 2 is 1.42 bits per heavy atom. The minimum absolute atomic E-state index is 0.145. The molecule has 4 aromatic rings. The molecule has 3 aliphatic heterocycles. The molecule has 7 rings (SSSR count). The van der Waals surface area contributed by atoms with Gasteiger partial charge in [-0.3, -0.25) is 0 Å². The van der Waals surface area contributed by atoms with E-state index in [1.54, 1.807) is 36.4 Å². The van der Waals surface area contributed by atoms with Crippen LogP contribution in [0.25, 0.3) is 16.7 Å². The molecule has 0 aliphatic carbocycles. The lowest BCUT2D eigenvalue weighted by atomic mass is 9.83. The summed E-state index contributed by atoms with van der Waals surface area (Å²) in [6.45, 7) is 14.9. The molecule has 0 spiro atoms. The van der Waals surface area contributed by atoms with Gasteiger partial charge in [0.2, 0.25) is 5.36 Å². The van der Waals surface area contributed by atoms with Crippen molar-refractivity contribution in [2.75, 3.05) is 11.4 Å². The van der Waals surface area contributed by atoms with Gasteiger partial charge in [0.25, 0.3) is 0 Å². The fourth-order valence-corrected chi connectivity index (χ4v) is 8.17. The molecule has 7 nitrogen and oxygen atoms in total. The molecule has 0 unspecified atom stereocenters. The number of likely N-dealkylation sites (N-methyl/N-ethyl adjacent to an activating group) is 1. The van der Waals surface area contributed by atoms with Crippen molar-refractivity contribution in [2.24, 2.45) is 0 Å². The zero-order chi connectivity index (χ0) is 38.5. The normalized spacial score (nSPS) is 16.5. The van der Waals surface area contributed by atoms with Gasteiger partial charge in [0.15, 0.2) is 35.4 Å². The van der Waals surface area contributed by atoms with Crippen molar-refractivity contribution < 1.29 is 42.1 Å². The van der Waals surface area contributed by atoms with Gasteiger partial charge in [-0.1, -0.05) is 18.2 Å². The number of hydrogen-bond acceptors (Lipinski definition) is 4. The van der Waals surface area contributed by atoms with Gasteiger partial charge in [-0.2, -0.15) is 0 Å². The second kappa shape index (κ2) is 12.2. The number of carboxylic acids is 2. The van der Waals surface area contributed by atoms with E-state index in [2.05, 4.69) is 29.4 Å². The van der Waals surface area contributed by atoms with Gasteiger partial charge >= 0.3 is 11.9 Å². The van der Waals surface area contributed by atoms with E-state index in [9.17, 15) is 24.2 Å². The predicted octanol–water partition coefficient (Wildman–Crippen LogP) is 7.90. The number of anilines is 1. The van der Waals surface area contributed by atoms with Crippen LogP contribution in [0.15, 0.2) is 60.7 Å². The van der Waals surface area contributed by atoms with Crippen molar-refractivity contribution in [1.29, 1.82) is 0 Å². The van der Waals surface area contributed by atoms with Crippen LogP contribution in [0.1, 0.15) is 97.0 Å². The Morgan fingerprint density at radius 1 is 0.774 bits per heavy atom. The number of benzene rings is 4. The van der Waals surface area contributed by atoms with E-state index in [4.69, 9.17) is 4.74 Å². The first kappa shape index (κ1) is 35.7. The van der Waals surface area contributed by atoms with Crippen LogP contribution < -0.4 is 24.8 Å². The van der Waals surface area contributed by atoms with Gasteiger partial charge in [0.1, 0.15) is 17.1 Å². The van der Waals surface area contributed by atoms with E-state index in [1.165, 1.54) is 12.1 Å². The topological polar surface area (TPSA) is 90.1 Å². The van der Waals surface area contributed by atoms with Crippen molar-refractivity contribution in [1.82, 2.24) is 4.58 Å². The number of fused-ring (bicyclic) bond motifs is 4. The maximum atomic E-state index is 16.2. The van der Waals surface area contributed by atoms with E-state index < -0.39 is 57.4 Å². The number of rotatable bonds is 6. The summed E-state index contributed by atoms with van der Waals surface area (Å²) in [6.07, 6.45) is 4.09. The number of aromatic carboxylic acids is 2. The third-order valence-corrected chi connectivity index (χ3v) is 10.5. The van der Waals surface area contributed by atoms with Gasteiger partial charge in [0.05, 0.1) is 17.2 Å². The minimum Gasteiger partial charge on any atom is -0.478 e. The Bertz CT molecular complexity index is 2520. The summed E-state index contributed by atoms with van der Waals surface area (Å²) in [6, 6.07) is 13.4. The van der Waals surface area contributed by atoms with Crippen molar-refractivity contribution >= 4 is 34.3 Å². The lowest BCUT2D eigenvalue weighted by molar-refractivity contribution is 0.0681. The Hall–Kier alpha value is -5.71. The number of carbonyl (C=O) groups is 2. The summed E-state index contributed by atoms with van der Waals surface area (Å²) in [7, 11) is 0. The molecular formula is C42H37F4N2O5+. The highest BCUT2D eigenvalue weighted by Gasteiger charge is 2.39. The van der Waals surface area contributed by atoms with Crippen LogP contribution in [-0.2, 0) is 6.54 Å². The molecule has 0 amide bonds. The van der Waals surface area contributed by atoms with E-state index in [-0.39, 0.29) is 33.4 Å². The molecule has 53 heavy (non-hydrogen) atoms. The maximum absolute atomic E-state index is 16.2. The van der Waals surface area contributed by atoms with E-state index in [0.29, 0.717) is 24.0 Å². The first-order valence-corrected chi connectivity index (χ1v) is 17.1. The van der Waals surface area contributed by atoms with E-state index in [0.717, 1.165) is 28.0 Å². The van der Waals surface area contributed by atoms with Gasteiger partial charge in [-0.05, 0) is 76.1 Å². The molecule has 0 fully saturated rings. The van der Waals surface area contributed by atoms with Gasteiger partial charge in [0, 0.05) is 70.8 Å². The number of carboxylic acid groups (broad SMARTS) is 2. The SMILES string of the molecule is CCN1c2cc3c(cc2C(C)=CC1(C)C)C(c1c(F)c(F)c(F)c(F)c1C(=O)O)=c1cc2c(cc1O3)=[N+](Cc1ccc(C(=O)O)cc1)C(C)(C)C=C2C. The molecule has 0 saturated carbocycles. The molecule has 0 saturated heterocycles. The fourth-order valence-electron chi connectivity index (χ4n) is 8.17. The van der Waals surface area contributed by atoms with Crippen LogP contribution in [0, 0.1) is 23.3 Å². The predicted molar refractivity (Wildman–Crippen MR) is 194 cm³/mol. The third-order valence-electron chi connectivity index (χ3n) is 10.5. The quantitative estimate of drug-likeness (QED) is 0.0801. The summed E-state index contributed by atoms with van der Waals surface area (Å²) in [5, 5.41) is 20.4. The van der Waals surface area contributed by atoms with Gasteiger partial charge < -0.3 is 19.8 Å². The zero-order valence-electron chi connectivity index (χ0n) is 30.2. The van der Waals surface area contributed by atoms with Crippen LogP contribution in [0.3, 0.4) is 0 Å². The Labute approximate surface area is 303 Å². The van der Waals surface area contributed by atoms with Crippen molar-refractivity contribution in [3.05, 3.63) is 133 Å². The maximum Gasteiger partial charge on any atom is 0.339 e.